The van der Waals surface area contributed by atoms with E-state index in [9.17, 15) is 5.11 Å². The van der Waals surface area contributed by atoms with Gasteiger partial charge in [0.15, 0.2) is 0 Å². The maximum Gasteiger partial charge on any atom is 0.127 e. The second kappa shape index (κ2) is 19.4. The highest BCUT2D eigenvalue weighted by molar-refractivity contribution is 5.88. The van der Waals surface area contributed by atoms with E-state index < -0.39 is 0 Å². The van der Waals surface area contributed by atoms with E-state index in [0.29, 0.717) is 12.4 Å². The molecule has 0 fully saturated rings. The minimum absolute atomic E-state index is 0.350. The lowest BCUT2D eigenvalue weighted by molar-refractivity contribution is 0.367. The van der Waals surface area contributed by atoms with Crippen LogP contribution in [0.25, 0.3) is 21.5 Å². The Kier molecular flexibility index (Phi) is 17.5. The van der Waals surface area contributed by atoms with Crippen molar-refractivity contribution in [3.63, 3.8) is 0 Å². The molecule has 2 heteroatoms. The van der Waals surface area contributed by atoms with Crippen LogP contribution in [0.15, 0.2) is 97.6 Å². The molecule has 0 aliphatic heterocycles. The fraction of sp³-hybridized carbons (Fsp3) is 0.290. The van der Waals surface area contributed by atoms with Crippen molar-refractivity contribution < 1.29 is 9.84 Å². The van der Waals surface area contributed by atoms with Crippen molar-refractivity contribution in [3.05, 3.63) is 97.6 Å². The largest absolute Gasteiger partial charge is 0.507 e. The van der Waals surface area contributed by atoms with Crippen molar-refractivity contribution >= 4 is 21.5 Å². The zero-order valence-corrected chi connectivity index (χ0v) is 21.3. The average molecular weight is 447 g/mol. The molecule has 178 valence electrons. The molecule has 2 nitrogen and oxygen atoms in total. The minimum atomic E-state index is 0.350. The Bertz CT molecular complexity index is 1010. The molecule has 33 heavy (non-hydrogen) atoms. The summed E-state index contributed by atoms with van der Waals surface area (Å²) >= 11 is 0. The molecule has 0 spiro atoms. The minimum Gasteiger partial charge on any atom is -0.507 e. The highest BCUT2D eigenvalue weighted by atomic mass is 16.5. The quantitative estimate of drug-likeness (QED) is 0.317. The Balaban J connectivity index is 0.000000480. The number of ether oxygens (including phenoxy) is 1. The molecule has 0 bridgehead atoms. The molecule has 4 rings (SSSR count). The van der Waals surface area contributed by atoms with E-state index in [0.717, 1.165) is 21.9 Å². The molecule has 0 aliphatic carbocycles. The van der Waals surface area contributed by atoms with Crippen molar-refractivity contribution in [2.24, 2.45) is 0 Å². The van der Waals surface area contributed by atoms with Gasteiger partial charge < -0.3 is 9.84 Å². The van der Waals surface area contributed by atoms with Gasteiger partial charge in [0.2, 0.25) is 0 Å². The van der Waals surface area contributed by atoms with Crippen LogP contribution in [0.2, 0.25) is 0 Å². The van der Waals surface area contributed by atoms with Gasteiger partial charge in [-0.15, -0.1) is 0 Å². The zero-order chi connectivity index (χ0) is 24.9. The third-order valence-electron chi connectivity index (χ3n) is 3.87. The molecule has 0 amide bonds. The average Bonchev–Trinajstić information content (AvgIpc) is 2.86. The second-order valence-corrected chi connectivity index (χ2v) is 6.99. The summed E-state index contributed by atoms with van der Waals surface area (Å²) in [6.07, 6.45) is 4.25. The molecule has 0 aromatic heterocycles. The molecule has 0 radical (unpaired) electrons. The van der Waals surface area contributed by atoms with Gasteiger partial charge in [0, 0.05) is 10.8 Å². The van der Waals surface area contributed by atoms with E-state index >= 15 is 0 Å². The number of rotatable bonds is 3. The van der Waals surface area contributed by atoms with E-state index in [1.165, 1.54) is 18.2 Å². The summed E-state index contributed by atoms with van der Waals surface area (Å²) in [5.74, 6) is 1.27. The van der Waals surface area contributed by atoms with Gasteiger partial charge in [-0.25, -0.2) is 0 Å². The lowest BCUT2D eigenvalue weighted by atomic mass is 10.1. The molecular formula is C31H42O2. The topological polar surface area (TPSA) is 29.5 Å². The summed E-state index contributed by atoms with van der Waals surface area (Å²) < 4.78 is 5.55. The molecule has 0 saturated heterocycles. The monoisotopic (exact) mass is 446 g/mol. The SMILES string of the molecule is C=CCOc1cccc2ccccc12.CC.CCC.CCC.Oc1cccc2ccccc12. The van der Waals surface area contributed by atoms with E-state index in [2.05, 4.69) is 52.5 Å². The summed E-state index contributed by atoms with van der Waals surface area (Å²) in [5.41, 5.74) is 0. The third-order valence-corrected chi connectivity index (χ3v) is 3.87. The van der Waals surface area contributed by atoms with Crippen LogP contribution < -0.4 is 4.74 Å². The first kappa shape index (κ1) is 29.7. The number of phenols is 1. The molecule has 4 aromatic carbocycles. The fourth-order valence-electron chi connectivity index (χ4n) is 2.68. The molecule has 4 aromatic rings. The van der Waals surface area contributed by atoms with Crippen LogP contribution in [0.1, 0.15) is 54.4 Å². The first-order chi connectivity index (χ1) is 16.1. The summed E-state index contributed by atoms with van der Waals surface area (Å²) in [6, 6.07) is 27.5. The summed E-state index contributed by atoms with van der Waals surface area (Å²) in [6.45, 7) is 16.7. The lowest BCUT2D eigenvalue weighted by Gasteiger charge is -2.06. The van der Waals surface area contributed by atoms with Crippen molar-refractivity contribution in [3.8, 4) is 11.5 Å². The van der Waals surface area contributed by atoms with Crippen molar-refractivity contribution in [1.29, 1.82) is 0 Å². The first-order valence-electron chi connectivity index (χ1n) is 12.0. The van der Waals surface area contributed by atoms with Crippen LogP contribution in [0.5, 0.6) is 11.5 Å². The smallest absolute Gasteiger partial charge is 0.127 e. The molecule has 0 atom stereocenters. The fourth-order valence-corrected chi connectivity index (χ4v) is 2.68. The van der Waals surface area contributed by atoms with Crippen molar-refractivity contribution in [2.45, 2.75) is 54.4 Å². The lowest BCUT2D eigenvalue weighted by Crippen LogP contribution is -1.92. The molecular weight excluding hydrogens is 404 g/mol. The van der Waals surface area contributed by atoms with E-state index in [1.807, 2.05) is 74.5 Å². The van der Waals surface area contributed by atoms with Crippen LogP contribution in [0.3, 0.4) is 0 Å². The normalized spacial score (nSPS) is 8.91. The third kappa shape index (κ3) is 11.2. The Morgan fingerprint density at radius 2 is 1.09 bits per heavy atom. The van der Waals surface area contributed by atoms with Gasteiger partial charge in [-0.3, -0.25) is 0 Å². The molecule has 0 saturated carbocycles. The molecule has 0 unspecified atom stereocenters. The van der Waals surface area contributed by atoms with Crippen molar-refractivity contribution in [2.75, 3.05) is 6.61 Å². The van der Waals surface area contributed by atoms with Gasteiger partial charge in [0.05, 0.1) is 0 Å². The highest BCUT2D eigenvalue weighted by Crippen LogP contribution is 2.25. The van der Waals surface area contributed by atoms with Crippen LogP contribution in [0.4, 0.5) is 0 Å². The zero-order valence-electron chi connectivity index (χ0n) is 21.3. The van der Waals surface area contributed by atoms with Gasteiger partial charge in [-0.1, -0.05) is 140 Å². The number of aromatic hydroxyl groups is 1. The maximum atomic E-state index is 9.37. The second-order valence-electron chi connectivity index (χ2n) is 6.99. The predicted molar refractivity (Wildman–Crippen MR) is 149 cm³/mol. The maximum absolute atomic E-state index is 9.37. The Morgan fingerprint density at radius 3 is 1.61 bits per heavy atom. The van der Waals surface area contributed by atoms with Crippen LogP contribution in [-0.4, -0.2) is 11.7 Å². The highest BCUT2D eigenvalue weighted by Gasteiger charge is 1.99. The van der Waals surface area contributed by atoms with E-state index in [4.69, 9.17) is 4.74 Å². The number of hydrogen-bond acceptors (Lipinski definition) is 2. The van der Waals surface area contributed by atoms with Gasteiger partial charge in [-0.2, -0.15) is 0 Å². The number of benzene rings is 4. The van der Waals surface area contributed by atoms with Gasteiger partial charge in [-0.05, 0) is 22.9 Å². The summed E-state index contributed by atoms with van der Waals surface area (Å²) in [4.78, 5) is 0. The van der Waals surface area contributed by atoms with Crippen LogP contribution in [-0.2, 0) is 0 Å². The Morgan fingerprint density at radius 1 is 0.667 bits per heavy atom. The summed E-state index contributed by atoms with van der Waals surface area (Å²) in [5, 5.41) is 13.7. The Hall–Kier alpha value is -3.26. The molecule has 0 aliphatic rings. The summed E-state index contributed by atoms with van der Waals surface area (Å²) in [7, 11) is 0. The van der Waals surface area contributed by atoms with Gasteiger partial charge in [0.1, 0.15) is 18.1 Å². The van der Waals surface area contributed by atoms with Gasteiger partial charge >= 0.3 is 0 Å². The Labute approximate surface area is 201 Å². The molecule has 1 N–H and O–H groups in total. The van der Waals surface area contributed by atoms with Gasteiger partial charge in [0.25, 0.3) is 0 Å². The number of fused-ring (bicyclic) bond motifs is 2. The number of hydrogen-bond donors (Lipinski definition) is 1. The van der Waals surface area contributed by atoms with Crippen LogP contribution in [0, 0.1) is 0 Å². The van der Waals surface area contributed by atoms with E-state index in [-0.39, 0.29) is 0 Å². The first-order valence-corrected chi connectivity index (χ1v) is 12.0. The molecule has 0 heterocycles. The predicted octanol–water partition coefficient (Wildman–Crippen LogP) is 9.81. The standard InChI is InChI=1S/C13H12O.C10H8O.2C3H8.C2H6/c1-2-10-14-13-9-5-7-11-6-3-4-8-12(11)13;11-10-7-3-5-8-4-1-2-6-9(8)10;2*1-3-2;1-2/h2-9H,1,10H2;1-7,11H;2*3H2,1-2H3;1-2H3. The van der Waals surface area contributed by atoms with Crippen molar-refractivity contribution in [1.82, 2.24) is 0 Å². The number of phenolic OH excluding ortho intramolecular Hbond substituents is 1. The van der Waals surface area contributed by atoms with E-state index in [1.54, 1.807) is 12.1 Å². The van der Waals surface area contributed by atoms with Crippen LogP contribution >= 0.6 is 0 Å².